The van der Waals surface area contributed by atoms with Gasteiger partial charge in [0, 0.05) is 26.2 Å². The Labute approximate surface area is 279 Å². The average Bonchev–Trinajstić information content (AvgIpc) is 3.08. The number of halogens is 4. The smallest absolute Gasteiger partial charge is 0.372 e. The molecule has 0 saturated carbocycles. The fourth-order valence-electron chi connectivity index (χ4n) is 7.34. The van der Waals surface area contributed by atoms with Gasteiger partial charge in [0.1, 0.15) is 6.67 Å². The lowest BCUT2D eigenvalue weighted by atomic mass is 9.73. The van der Waals surface area contributed by atoms with Crippen molar-refractivity contribution in [3.05, 3.63) is 143 Å². The van der Waals surface area contributed by atoms with Crippen molar-refractivity contribution in [3.8, 4) is 0 Å². The average molecular weight is 660 g/mol. The van der Waals surface area contributed by atoms with Gasteiger partial charge in [-0.3, -0.25) is 14.6 Å². The lowest BCUT2D eigenvalue weighted by Gasteiger charge is -2.58. The molecule has 4 aromatic carbocycles. The summed E-state index contributed by atoms with van der Waals surface area (Å²) in [6, 6.07) is 33.8. The topological polar surface area (TPSA) is 44.8 Å². The van der Waals surface area contributed by atoms with Gasteiger partial charge in [-0.2, -0.15) is 13.2 Å². The highest BCUT2D eigenvalue weighted by Crippen LogP contribution is 2.44. The van der Waals surface area contributed by atoms with Crippen LogP contribution in [0.25, 0.3) is 0 Å². The highest BCUT2D eigenvalue weighted by molar-refractivity contribution is 5.80. The van der Waals surface area contributed by atoms with E-state index in [2.05, 4.69) is 39.4 Å². The molecule has 9 heteroatoms. The lowest BCUT2D eigenvalue weighted by molar-refractivity contribution is -0.145. The van der Waals surface area contributed by atoms with Crippen LogP contribution >= 0.6 is 0 Å². The Hall–Kier alpha value is -4.05. The van der Waals surface area contributed by atoms with Gasteiger partial charge in [-0.15, -0.1) is 0 Å². The number of alkyl halides is 4. The summed E-state index contributed by atoms with van der Waals surface area (Å²) in [5.41, 5.74) is 1.48. The van der Waals surface area contributed by atoms with Crippen LogP contribution in [0.1, 0.15) is 59.3 Å². The number of hydrogen-bond donors (Lipinski definition) is 1. The van der Waals surface area contributed by atoms with Crippen molar-refractivity contribution in [1.29, 1.82) is 0 Å². The highest BCUT2D eigenvalue weighted by Gasteiger charge is 2.53. The molecule has 2 aliphatic heterocycles. The maximum Gasteiger partial charge on any atom is 0.416 e. The molecule has 252 valence electrons. The van der Waals surface area contributed by atoms with E-state index < -0.39 is 35.6 Å². The lowest BCUT2D eigenvalue weighted by Crippen LogP contribution is -2.74. The van der Waals surface area contributed by atoms with E-state index >= 15 is 0 Å². The van der Waals surface area contributed by atoms with E-state index in [1.165, 1.54) is 17.2 Å². The van der Waals surface area contributed by atoms with E-state index in [9.17, 15) is 22.4 Å². The maximum absolute atomic E-state index is 13.6. The minimum Gasteiger partial charge on any atom is -0.372 e. The maximum atomic E-state index is 13.6. The minimum atomic E-state index is -4.60. The number of rotatable bonds is 12. The monoisotopic (exact) mass is 659 g/mol. The third-order valence-corrected chi connectivity index (χ3v) is 9.73. The molecule has 2 saturated heterocycles. The van der Waals surface area contributed by atoms with Crippen molar-refractivity contribution >= 4 is 5.91 Å². The molecule has 4 aromatic rings. The number of benzene rings is 4. The van der Waals surface area contributed by atoms with Crippen molar-refractivity contribution in [2.45, 2.75) is 62.9 Å². The first-order valence-electron chi connectivity index (χ1n) is 16.4. The summed E-state index contributed by atoms with van der Waals surface area (Å²) in [7, 11) is 0. The molecule has 1 unspecified atom stereocenters. The summed E-state index contributed by atoms with van der Waals surface area (Å²) in [6.45, 7) is 3.66. The van der Waals surface area contributed by atoms with Gasteiger partial charge in [0.15, 0.2) is 0 Å². The molecule has 1 N–H and O–H groups in total. The predicted molar refractivity (Wildman–Crippen MR) is 177 cm³/mol. The molecule has 0 aliphatic carbocycles. The quantitative estimate of drug-likeness (QED) is 0.158. The van der Waals surface area contributed by atoms with E-state index in [0.29, 0.717) is 25.9 Å². The Morgan fingerprint density at radius 3 is 2.04 bits per heavy atom. The number of nitrogens with zero attached hydrogens (tertiary/aromatic N) is 2. The predicted octanol–water partition coefficient (Wildman–Crippen LogP) is 7.81. The molecule has 0 aromatic heterocycles. The Balaban J connectivity index is 1.28. The van der Waals surface area contributed by atoms with Gasteiger partial charge in [0.25, 0.3) is 0 Å². The van der Waals surface area contributed by atoms with Gasteiger partial charge in [0.05, 0.1) is 35.9 Å². The number of fused-ring (bicyclic) bond motifs is 2. The first-order valence-corrected chi connectivity index (χ1v) is 16.4. The summed E-state index contributed by atoms with van der Waals surface area (Å²) >= 11 is 0. The summed E-state index contributed by atoms with van der Waals surface area (Å²) in [5.74, 6) is -0.0702. The fraction of sp³-hybridized carbons (Fsp3) is 0.359. The van der Waals surface area contributed by atoms with E-state index in [0.717, 1.165) is 30.8 Å². The summed E-state index contributed by atoms with van der Waals surface area (Å²) in [5, 5.41) is 3.37. The van der Waals surface area contributed by atoms with E-state index in [1.54, 1.807) is 6.92 Å². The SMILES string of the molecule is C[C@@H](OC[C@@]1(c2ccccc2)CC[C@]2(CN(Cc3ccccc3)Cc3ccccc3)CN1CC(=O)N2)c1cc(CF)cc(C(F)(F)F)c1. The molecule has 5 nitrogen and oxygen atoms in total. The van der Waals surface area contributed by atoms with Gasteiger partial charge in [-0.1, -0.05) is 97.1 Å². The third kappa shape index (κ3) is 7.64. The van der Waals surface area contributed by atoms with Crippen LogP contribution in [0, 0.1) is 0 Å². The molecule has 0 spiro atoms. The molecule has 2 bridgehead atoms. The number of nitrogens with one attached hydrogen (secondary N) is 1. The van der Waals surface area contributed by atoms with Crippen LogP contribution in [0.2, 0.25) is 0 Å². The normalized spacial score (nSPS) is 23.1. The zero-order valence-corrected chi connectivity index (χ0v) is 27.1. The molecular formula is C39H41F4N3O2. The van der Waals surface area contributed by atoms with Gasteiger partial charge < -0.3 is 10.1 Å². The number of amides is 1. The van der Waals surface area contributed by atoms with Crippen molar-refractivity contribution in [2.24, 2.45) is 0 Å². The molecule has 2 heterocycles. The molecule has 6 rings (SSSR count). The molecule has 2 aliphatic rings. The summed E-state index contributed by atoms with van der Waals surface area (Å²) in [6.07, 6.45) is -4.01. The summed E-state index contributed by atoms with van der Waals surface area (Å²) in [4.78, 5) is 18.1. The van der Waals surface area contributed by atoms with Crippen LogP contribution in [-0.4, -0.2) is 47.5 Å². The Morgan fingerprint density at radius 2 is 1.46 bits per heavy atom. The number of ether oxygens (including phenoxy) is 1. The zero-order chi connectivity index (χ0) is 33.8. The van der Waals surface area contributed by atoms with Crippen LogP contribution in [0.3, 0.4) is 0 Å². The second-order valence-electron chi connectivity index (χ2n) is 13.2. The zero-order valence-electron chi connectivity index (χ0n) is 27.1. The van der Waals surface area contributed by atoms with E-state index in [1.807, 2.05) is 66.7 Å². The Kier molecular flexibility index (Phi) is 10.0. The van der Waals surface area contributed by atoms with E-state index in [-0.39, 0.29) is 30.2 Å². The third-order valence-electron chi connectivity index (χ3n) is 9.73. The Bertz CT molecular complexity index is 1630. The fourth-order valence-corrected chi connectivity index (χ4v) is 7.34. The molecule has 1 amide bonds. The largest absolute Gasteiger partial charge is 0.416 e. The van der Waals surface area contributed by atoms with Crippen LogP contribution in [0.5, 0.6) is 0 Å². The summed E-state index contributed by atoms with van der Waals surface area (Å²) < 4.78 is 60.9. The van der Waals surface area contributed by atoms with Crippen LogP contribution < -0.4 is 5.32 Å². The molecule has 4 atom stereocenters. The molecule has 48 heavy (non-hydrogen) atoms. The molecule has 0 radical (unpaired) electrons. The van der Waals surface area contributed by atoms with Crippen LogP contribution in [0.15, 0.2) is 109 Å². The molecular weight excluding hydrogens is 618 g/mol. The number of carbonyl (C=O) groups is 1. The minimum absolute atomic E-state index is 0.0428. The highest BCUT2D eigenvalue weighted by atomic mass is 19.4. The number of piperidine rings is 1. The van der Waals surface area contributed by atoms with Crippen LogP contribution in [-0.2, 0) is 41.0 Å². The van der Waals surface area contributed by atoms with Crippen molar-refractivity contribution < 1.29 is 27.1 Å². The van der Waals surface area contributed by atoms with Crippen molar-refractivity contribution in [3.63, 3.8) is 0 Å². The Morgan fingerprint density at radius 1 is 0.854 bits per heavy atom. The first kappa shape index (κ1) is 33.8. The standard InChI is InChI=1S/C39H41F4N3O2/c1-29(33-19-32(22-40)20-35(21-33)39(41,42)43)48-28-38(34-15-9-4-10-16-34)18-17-37(27-46(38)25-36(47)44-37)26-45(23-30-11-5-2-6-12-30)24-31-13-7-3-8-14-31/h2-16,19-21,29H,17-18,22-28H2,1H3,(H,44,47)/t29-,37+,38-/m1/s1. The second-order valence-corrected chi connectivity index (χ2v) is 13.2. The number of hydrogen-bond acceptors (Lipinski definition) is 4. The van der Waals surface area contributed by atoms with Crippen LogP contribution in [0.4, 0.5) is 17.6 Å². The van der Waals surface area contributed by atoms with Crippen molar-refractivity contribution in [2.75, 3.05) is 26.2 Å². The molecule has 2 fully saturated rings. The number of piperazine rings is 1. The second kappa shape index (κ2) is 14.2. The van der Waals surface area contributed by atoms with Gasteiger partial charge in [-0.05, 0) is 59.7 Å². The van der Waals surface area contributed by atoms with Gasteiger partial charge in [-0.25, -0.2) is 4.39 Å². The number of carbonyl (C=O) groups excluding carboxylic acids is 1. The van der Waals surface area contributed by atoms with Gasteiger partial charge >= 0.3 is 6.18 Å². The van der Waals surface area contributed by atoms with E-state index in [4.69, 9.17) is 4.74 Å². The first-order chi connectivity index (χ1) is 23.1. The van der Waals surface area contributed by atoms with Gasteiger partial charge in [0.2, 0.25) is 5.91 Å². The van der Waals surface area contributed by atoms with Crippen molar-refractivity contribution in [1.82, 2.24) is 15.1 Å².